The second kappa shape index (κ2) is 6.40. The Morgan fingerprint density at radius 2 is 1.83 bits per heavy atom. The summed E-state index contributed by atoms with van der Waals surface area (Å²) in [5, 5.41) is 14.4. The van der Waals surface area contributed by atoms with Crippen molar-refractivity contribution in [3.05, 3.63) is 36.9 Å². The van der Waals surface area contributed by atoms with E-state index in [1.165, 1.54) is 0 Å². The van der Waals surface area contributed by atoms with Crippen LogP contribution >= 0.6 is 0 Å². The fraction of sp³-hybridized carbons (Fsp3) is 0.375. The average Bonchev–Trinajstić information content (AvgIpc) is 3.06. The zero-order chi connectivity index (χ0) is 16.4. The van der Waals surface area contributed by atoms with Crippen LogP contribution in [0.2, 0.25) is 0 Å². The smallest absolute Gasteiger partial charge is 0.163 e. The van der Waals surface area contributed by atoms with Crippen LogP contribution in [0.15, 0.2) is 36.9 Å². The predicted molar refractivity (Wildman–Crippen MR) is 91.1 cm³/mol. The normalized spacial score (nSPS) is 15.2. The second-order valence-corrected chi connectivity index (χ2v) is 5.69. The molecule has 0 radical (unpaired) electrons. The summed E-state index contributed by atoms with van der Waals surface area (Å²) in [4.78, 5) is 17.7. The number of hydrogen-bond donors (Lipinski definition) is 1. The number of rotatable bonds is 4. The minimum absolute atomic E-state index is 0.0405. The standard InChI is InChI=1S/C16H19N7O/c24-10-9-23-16-13(11-20-23)15(18-12-19-16)22-7-5-21(6-8-22)14-3-1-2-4-17-14/h1-4,11-12,24H,5-10H2. The molecule has 0 saturated carbocycles. The van der Waals surface area contributed by atoms with Crippen molar-refractivity contribution < 1.29 is 5.11 Å². The van der Waals surface area contributed by atoms with Gasteiger partial charge in [0.1, 0.15) is 18.0 Å². The van der Waals surface area contributed by atoms with Gasteiger partial charge in [-0.1, -0.05) is 6.07 Å². The number of anilines is 2. The number of aliphatic hydroxyl groups excluding tert-OH is 1. The van der Waals surface area contributed by atoms with Gasteiger partial charge >= 0.3 is 0 Å². The summed E-state index contributed by atoms with van der Waals surface area (Å²) in [6.07, 6.45) is 5.18. The SMILES string of the molecule is OCCn1ncc2c(N3CCN(c4ccccn4)CC3)ncnc21. The van der Waals surface area contributed by atoms with Gasteiger partial charge in [0.15, 0.2) is 5.65 Å². The molecule has 0 amide bonds. The Hall–Kier alpha value is -2.74. The monoisotopic (exact) mass is 325 g/mol. The van der Waals surface area contributed by atoms with Crippen LogP contribution in [0.3, 0.4) is 0 Å². The van der Waals surface area contributed by atoms with E-state index in [0.29, 0.717) is 6.54 Å². The molecule has 1 N–H and O–H groups in total. The zero-order valence-electron chi connectivity index (χ0n) is 13.3. The zero-order valence-corrected chi connectivity index (χ0v) is 13.3. The van der Waals surface area contributed by atoms with Crippen molar-refractivity contribution >= 4 is 22.7 Å². The molecule has 4 rings (SSSR count). The highest BCUT2D eigenvalue weighted by Gasteiger charge is 2.21. The van der Waals surface area contributed by atoms with Gasteiger partial charge in [-0.05, 0) is 12.1 Å². The number of aliphatic hydroxyl groups is 1. The van der Waals surface area contributed by atoms with Crippen LogP contribution in [0, 0.1) is 0 Å². The fourth-order valence-corrected chi connectivity index (χ4v) is 3.08. The second-order valence-electron chi connectivity index (χ2n) is 5.69. The number of hydrogen-bond acceptors (Lipinski definition) is 7. The van der Waals surface area contributed by atoms with Crippen LogP contribution < -0.4 is 9.80 Å². The molecule has 124 valence electrons. The lowest BCUT2D eigenvalue weighted by molar-refractivity contribution is 0.271. The van der Waals surface area contributed by atoms with E-state index in [4.69, 9.17) is 5.11 Å². The molecule has 1 saturated heterocycles. The van der Waals surface area contributed by atoms with Gasteiger partial charge in [-0.15, -0.1) is 0 Å². The Morgan fingerprint density at radius 3 is 2.58 bits per heavy atom. The number of piperazine rings is 1. The van der Waals surface area contributed by atoms with Crippen molar-refractivity contribution in [1.29, 1.82) is 0 Å². The lowest BCUT2D eigenvalue weighted by Crippen LogP contribution is -2.47. The quantitative estimate of drug-likeness (QED) is 0.749. The molecule has 3 aromatic rings. The van der Waals surface area contributed by atoms with E-state index in [1.807, 2.05) is 24.4 Å². The maximum atomic E-state index is 9.13. The van der Waals surface area contributed by atoms with Crippen LogP contribution in [0.1, 0.15) is 0 Å². The predicted octanol–water partition coefficient (Wildman–Crippen LogP) is 0.540. The van der Waals surface area contributed by atoms with E-state index >= 15 is 0 Å². The molecule has 4 heterocycles. The van der Waals surface area contributed by atoms with Crippen molar-refractivity contribution in [2.75, 3.05) is 42.6 Å². The fourth-order valence-electron chi connectivity index (χ4n) is 3.08. The van der Waals surface area contributed by atoms with E-state index < -0.39 is 0 Å². The third-order valence-corrected chi connectivity index (χ3v) is 4.28. The van der Waals surface area contributed by atoms with Gasteiger partial charge in [0, 0.05) is 32.4 Å². The molecule has 0 spiro atoms. The van der Waals surface area contributed by atoms with Crippen LogP contribution in [0.5, 0.6) is 0 Å². The number of aromatic nitrogens is 5. The molecule has 0 aliphatic carbocycles. The molecule has 0 unspecified atom stereocenters. The summed E-state index contributed by atoms with van der Waals surface area (Å²) in [5.74, 6) is 1.92. The molecule has 8 heteroatoms. The van der Waals surface area contributed by atoms with Crippen molar-refractivity contribution in [3.63, 3.8) is 0 Å². The molecular formula is C16H19N7O. The topological polar surface area (TPSA) is 83.2 Å². The Labute approximate surface area is 139 Å². The van der Waals surface area contributed by atoms with E-state index in [-0.39, 0.29) is 6.61 Å². The minimum atomic E-state index is 0.0405. The summed E-state index contributed by atoms with van der Waals surface area (Å²) in [7, 11) is 0. The first-order valence-electron chi connectivity index (χ1n) is 8.05. The summed E-state index contributed by atoms with van der Waals surface area (Å²) >= 11 is 0. The highest BCUT2D eigenvalue weighted by molar-refractivity contribution is 5.86. The van der Waals surface area contributed by atoms with Crippen LogP contribution in [0.4, 0.5) is 11.6 Å². The minimum Gasteiger partial charge on any atom is -0.394 e. The van der Waals surface area contributed by atoms with Gasteiger partial charge in [-0.2, -0.15) is 5.10 Å². The first-order chi connectivity index (χ1) is 11.9. The molecule has 24 heavy (non-hydrogen) atoms. The highest BCUT2D eigenvalue weighted by atomic mass is 16.3. The molecule has 0 atom stereocenters. The van der Waals surface area contributed by atoms with E-state index in [9.17, 15) is 0 Å². The average molecular weight is 325 g/mol. The third-order valence-electron chi connectivity index (χ3n) is 4.28. The van der Waals surface area contributed by atoms with Crippen LogP contribution in [-0.4, -0.2) is 62.6 Å². The van der Waals surface area contributed by atoms with Gasteiger partial charge in [-0.3, -0.25) is 0 Å². The van der Waals surface area contributed by atoms with E-state index in [1.54, 1.807) is 17.2 Å². The molecule has 0 aromatic carbocycles. The lowest BCUT2D eigenvalue weighted by Gasteiger charge is -2.36. The molecule has 1 fully saturated rings. The Morgan fingerprint density at radius 1 is 1.00 bits per heavy atom. The first kappa shape index (κ1) is 14.8. The van der Waals surface area contributed by atoms with Crippen molar-refractivity contribution in [3.8, 4) is 0 Å². The Kier molecular flexibility index (Phi) is 3.96. The summed E-state index contributed by atoms with van der Waals surface area (Å²) in [6, 6.07) is 5.98. The molecule has 8 nitrogen and oxygen atoms in total. The largest absolute Gasteiger partial charge is 0.394 e. The molecule has 1 aliphatic heterocycles. The van der Waals surface area contributed by atoms with Gasteiger partial charge in [0.25, 0.3) is 0 Å². The molecule has 0 bridgehead atoms. The molecular weight excluding hydrogens is 306 g/mol. The van der Waals surface area contributed by atoms with Crippen LogP contribution in [0.25, 0.3) is 11.0 Å². The summed E-state index contributed by atoms with van der Waals surface area (Å²) in [6.45, 7) is 4.01. The summed E-state index contributed by atoms with van der Waals surface area (Å²) < 4.78 is 1.71. The maximum absolute atomic E-state index is 9.13. The highest BCUT2D eigenvalue weighted by Crippen LogP contribution is 2.24. The lowest BCUT2D eigenvalue weighted by atomic mass is 10.2. The van der Waals surface area contributed by atoms with Gasteiger partial charge in [0.2, 0.25) is 0 Å². The van der Waals surface area contributed by atoms with Crippen LogP contribution in [-0.2, 0) is 6.54 Å². The van der Waals surface area contributed by atoms with Crippen molar-refractivity contribution in [2.45, 2.75) is 6.54 Å². The number of fused-ring (bicyclic) bond motifs is 1. The third kappa shape index (κ3) is 2.65. The Balaban J connectivity index is 1.54. The maximum Gasteiger partial charge on any atom is 0.163 e. The van der Waals surface area contributed by atoms with Gasteiger partial charge in [-0.25, -0.2) is 19.6 Å². The van der Waals surface area contributed by atoms with Gasteiger partial charge < -0.3 is 14.9 Å². The Bertz CT molecular complexity index is 812. The van der Waals surface area contributed by atoms with Crippen molar-refractivity contribution in [2.24, 2.45) is 0 Å². The number of nitrogens with zero attached hydrogens (tertiary/aromatic N) is 7. The van der Waals surface area contributed by atoms with Gasteiger partial charge in [0.05, 0.1) is 24.7 Å². The van der Waals surface area contributed by atoms with E-state index in [0.717, 1.165) is 48.8 Å². The van der Waals surface area contributed by atoms with E-state index in [2.05, 4.69) is 29.9 Å². The molecule has 1 aliphatic rings. The first-order valence-corrected chi connectivity index (χ1v) is 8.05. The molecule has 3 aromatic heterocycles. The van der Waals surface area contributed by atoms with Crippen molar-refractivity contribution in [1.82, 2.24) is 24.7 Å². The number of pyridine rings is 1. The summed E-state index contributed by atoms with van der Waals surface area (Å²) in [5.41, 5.74) is 0.765.